The number of morpholine rings is 1. The molecule has 1 amide bonds. The monoisotopic (exact) mass is 577 g/mol. The van der Waals surface area contributed by atoms with Crippen molar-refractivity contribution in [1.29, 1.82) is 0 Å². The predicted octanol–water partition coefficient (Wildman–Crippen LogP) is 3.79. The number of ether oxygens (including phenoxy) is 1. The second kappa shape index (κ2) is 13.1. The molecular weight excluding hydrogens is 542 g/mol. The van der Waals surface area contributed by atoms with Crippen LogP contribution in [-0.2, 0) is 19.4 Å². The number of amides is 1. The molecule has 2 aromatic carbocycles. The maximum Gasteiger partial charge on any atom is 0.248 e. The van der Waals surface area contributed by atoms with E-state index in [0.29, 0.717) is 24.6 Å². The van der Waals surface area contributed by atoms with Gasteiger partial charge in [-0.15, -0.1) is 0 Å². The minimum absolute atomic E-state index is 0.0370. The number of hydrogen-bond acceptors (Lipinski definition) is 10. The van der Waals surface area contributed by atoms with E-state index in [4.69, 9.17) is 4.74 Å². The summed E-state index contributed by atoms with van der Waals surface area (Å²) in [6.45, 7) is 6.00. The molecule has 2 fully saturated rings. The maximum atomic E-state index is 12.5. The summed E-state index contributed by atoms with van der Waals surface area (Å²) in [6.07, 6.45) is 8.20. The van der Waals surface area contributed by atoms with Crippen molar-refractivity contribution in [3.8, 4) is 0 Å². The Balaban J connectivity index is 1.27. The number of nitrogens with one attached hydrogen (secondary N) is 3. The molecule has 12 heteroatoms. The molecular formula is C29H35N7O4S. The highest BCUT2D eigenvalue weighted by Crippen LogP contribution is 2.27. The summed E-state index contributed by atoms with van der Waals surface area (Å²) in [5.74, 6) is 0.141. The molecule has 41 heavy (non-hydrogen) atoms. The molecule has 0 spiro atoms. The van der Waals surface area contributed by atoms with Gasteiger partial charge in [0.05, 0.1) is 19.4 Å². The highest BCUT2D eigenvalue weighted by Gasteiger charge is 2.18. The van der Waals surface area contributed by atoms with Crippen molar-refractivity contribution in [3.63, 3.8) is 0 Å². The van der Waals surface area contributed by atoms with Gasteiger partial charge in [-0.25, -0.2) is 13.4 Å². The fourth-order valence-electron chi connectivity index (χ4n) is 4.77. The number of aromatic nitrogens is 2. The zero-order valence-electron chi connectivity index (χ0n) is 23.0. The summed E-state index contributed by atoms with van der Waals surface area (Å²) in [7, 11) is -3.62. The van der Waals surface area contributed by atoms with Crippen LogP contribution in [-0.4, -0.2) is 81.4 Å². The van der Waals surface area contributed by atoms with Gasteiger partial charge in [0.25, 0.3) is 0 Å². The Labute approximate surface area is 240 Å². The zero-order chi connectivity index (χ0) is 28.7. The van der Waals surface area contributed by atoms with E-state index >= 15 is 0 Å². The second-order valence-electron chi connectivity index (χ2n) is 10.1. The molecule has 2 aliphatic heterocycles. The first-order valence-corrected chi connectivity index (χ1v) is 15.6. The number of carbonyl (C=O) groups is 1. The Bertz CT molecular complexity index is 1480. The minimum Gasteiger partial charge on any atom is -0.378 e. The van der Waals surface area contributed by atoms with E-state index in [-0.39, 0.29) is 22.6 Å². The van der Waals surface area contributed by atoms with Crippen LogP contribution in [0.4, 0.5) is 34.5 Å². The Kier molecular flexibility index (Phi) is 9.12. The van der Waals surface area contributed by atoms with Gasteiger partial charge in [-0.1, -0.05) is 12.1 Å². The van der Waals surface area contributed by atoms with Crippen molar-refractivity contribution in [3.05, 3.63) is 66.9 Å². The predicted molar refractivity (Wildman–Crippen MR) is 161 cm³/mol. The second-order valence-corrected chi connectivity index (χ2v) is 12.0. The van der Waals surface area contributed by atoms with Crippen molar-refractivity contribution < 1.29 is 17.9 Å². The Morgan fingerprint density at radius 1 is 0.976 bits per heavy atom. The molecule has 0 unspecified atom stereocenters. The van der Waals surface area contributed by atoms with Crippen molar-refractivity contribution in [1.82, 2.24) is 14.9 Å². The van der Waals surface area contributed by atoms with Crippen LogP contribution in [0.3, 0.4) is 0 Å². The van der Waals surface area contributed by atoms with Gasteiger partial charge in [-0.2, -0.15) is 4.98 Å². The molecule has 0 radical (unpaired) electrons. The number of sulfone groups is 1. The number of benzene rings is 2. The molecule has 11 nitrogen and oxygen atoms in total. The maximum absolute atomic E-state index is 12.5. The van der Waals surface area contributed by atoms with Gasteiger partial charge in [0.2, 0.25) is 11.9 Å². The summed E-state index contributed by atoms with van der Waals surface area (Å²) < 4.78 is 30.4. The van der Waals surface area contributed by atoms with Crippen LogP contribution in [0.25, 0.3) is 0 Å². The van der Waals surface area contributed by atoms with E-state index in [1.54, 1.807) is 24.3 Å². The fraction of sp³-hybridized carbons (Fsp3) is 0.345. The van der Waals surface area contributed by atoms with Crippen LogP contribution in [0.1, 0.15) is 12.8 Å². The van der Waals surface area contributed by atoms with E-state index in [1.165, 1.54) is 25.1 Å². The number of rotatable bonds is 10. The van der Waals surface area contributed by atoms with Gasteiger partial charge in [0.15, 0.2) is 15.7 Å². The van der Waals surface area contributed by atoms with Gasteiger partial charge >= 0.3 is 0 Å². The number of anilines is 6. The van der Waals surface area contributed by atoms with E-state index in [2.05, 4.69) is 35.7 Å². The first-order valence-electron chi connectivity index (χ1n) is 13.7. The average Bonchev–Trinajstić information content (AvgIpc) is 3.47. The summed E-state index contributed by atoms with van der Waals surface area (Å²) >= 11 is 0. The van der Waals surface area contributed by atoms with Crippen LogP contribution >= 0.6 is 0 Å². The molecule has 216 valence electrons. The van der Waals surface area contributed by atoms with Crippen LogP contribution < -0.4 is 20.9 Å². The third-order valence-electron chi connectivity index (χ3n) is 6.88. The Hall–Kier alpha value is -4.00. The molecule has 0 bridgehead atoms. The SMILES string of the molecule is CS(=O)(=O)c1cnc(Nc2ccc(N3CCOCC3)cc2)nc1Nc1cccc(NC(=O)C=CCN2CCCC2)c1. The number of nitrogens with zero attached hydrogens (tertiary/aromatic N) is 4. The summed E-state index contributed by atoms with van der Waals surface area (Å²) in [4.78, 5) is 25.6. The molecule has 0 aliphatic carbocycles. The molecule has 2 aliphatic rings. The summed E-state index contributed by atoms with van der Waals surface area (Å²) in [5, 5.41) is 9.09. The van der Waals surface area contributed by atoms with Crippen molar-refractivity contribution in [2.75, 3.05) is 73.0 Å². The smallest absolute Gasteiger partial charge is 0.248 e. The molecule has 3 N–H and O–H groups in total. The standard InChI is InChI=1S/C29H35N7O4S/c1-41(38,39)26-21-30-29(33-22-9-11-25(12-10-22)36-16-18-40-19-17-36)34-28(26)32-24-7-4-6-23(20-24)31-27(37)8-5-15-35-13-2-3-14-35/h4-12,20-21H,2-3,13-19H2,1H3,(H,31,37)(H2,30,32,33,34). The summed E-state index contributed by atoms with van der Waals surface area (Å²) in [6, 6.07) is 14.9. The first kappa shape index (κ1) is 28.5. The number of likely N-dealkylation sites (tertiary alicyclic amines) is 1. The lowest BCUT2D eigenvalue weighted by Gasteiger charge is -2.28. The van der Waals surface area contributed by atoms with E-state index in [1.807, 2.05) is 30.3 Å². The van der Waals surface area contributed by atoms with Crippen molar-refractivity contribution >= 4 is 50.3 Å². The molecule has 3 aromatic rings. The fourth-order valence-corrected chi connectivity index (χ4v) is 5.46. The largest absolute Gasteiger partial charge is 0.378 e. The lowest BCUT2D eigenvalue weighted by Crippen LogP contribution is -2.36. The Morgan fingerprint density at radius 3 is 2.44 bits per heavy atom. The van der Waals surface area contributed by atoms with E-state index in [0.717, 1.165) is 50.4 Å². The molecule has 5 rings (SSSR count). The normalized spacial score (nSPS) is 16.2. The third kappa shape index (κ3) is 8.03. The number of hydrogen-bond donors (Lipinski definition) is 3. The van der Waals surface area contributed by atoms with E-state index < -0.39 is 9.84 Å². The summed E-state index contributed by atoms with van der Waals surface area (Å²) in [5.41, 5.74) is 3.00. The Morgan fingerprint density at radius 2 is 1.71 bits per heavy atom. The van der Waals surface area contributed by atoms with E-state index in [9.17, 15) is 13.2 Å². The van der Waals surface area contributed by atoms with Crippen LogP contribution in [0.15, 0.2) is 71.8 Å². The van der Waals surface area contributed by atoms with Crippen LogP contribution in [0, 0.1) is 0 Å². The van der Waals surface area contributed by atoms with Crippen LogP contribution in [0.2, 0.25) is 0 Å². The van der Waals surface area contributed by atoms with Crippen LogP contribution in [0.5, 0.6) is 0 Å². The van der Waals surface area contributed by atoms with Gasteiger partial charge in [0, 0.05) is 54.7 Å². The topological polar surface area (TPSA) is 129 Å². The quantitative estimate of drug-likeness (QED) is 0.306. The van der Waals surface area contributed by atoms with Gasteiger partial charge in [0.1, 0.15) is 4.90 Å². The average molecular weight is 578 g/mol. The lowest BCUT2D eigenvalue weighted by molar-refractivity contribution is -0.111. The van der Waals surface area contributed by atoms with Gasteiger partial charge < -0.3 is 25.6 Å². The molecule has 3 heterocycles. The number of carbonyl (C=O) groups excluding carboxylic acids is 1. The zero-order valence-corrected chi connectivity index (χ0v) is 23.9. The van der Waals surface area contributed by atoms with Crippen molar-refractivity contribution in [2.24, 2.45) is 0 Å². The molecule has 0 saturated carbocycles. The van der Waals surface area contributed by atoms with Gasteiger partial charge in [-0.05, 0) is 68.4 Å². The minimum atomic E-state index is -3.62. The molecule has 2 saturated heterocycles. The highest BCUT2D eigenvalue weighted by atomic mass is 32.2. The van der Waals surface area contributed by atoms with Crippen molar-refractivity contribution in [2.45, 2.75) is 17.7 Å². The molecule has 1 aromatic heterocycles. The first-order chi connectivity index (χ1) is 19.8. The molecule has 0 atom stereocenters. The highest BCUT2D eigenvalue weighted by molar-refractivity contribution is 7.90. The third-order valence-corrected chi connectivity index (χ3v) is 7.98. The lowest BCUT2D eigenvalue weighted by atomic mass is 10.2. The van der Waals surface area contributed by atoms with Gasteiger partial charge in [-0.3, -0.25) is 9.69 Å².